The van der Waals surface area contributed by atoms with E-state index >= 15 is 0 Å². The van der Waals surface area contributed by atoms with Crippen LogP contribution in [-0.4, -0.2) is 47.5 Å². The molecular formula is C12H18ClN5O2. The largest absolute Gasteiger partial charge is 0.353 e. The van der Waals surface area contributed by atoms with Gasteiger partial charge in [-0.3, -0.25) is 14.6 Å². The molecular weight excluding hydrogens is 282 g/mol. The van der Waals surface area contributed by atoms with E-state index in [1.807, 2.05) is 0 Å². The van der Waals surface area contributed by atoms with E-state index in [1.165, 1.54) is 18.6 Å². The molecule has 1 unspecified atom stereocenters. The number of hydrogen-bond donors (Lipinski definition) is 3. The predicted octanol–water partition coefficient (Wildman–Crippen LogP) is -0.504. The van der Waals surface area contributed by atoms with E-state index in [9.17, 15) is 9.59 Å². The SMILES string of the molecule is Cl.O=C(NCCNC(=O)C1CCCN1)c1cnccn1. The Morgan fingerprint density at radius 2 is 2.10 bits per heavy atom. The van der Waals surface area contributed by atoms with Crippen LogP contribution in [0, 0.1) is 0 Å². The van der Waals surface area contributed by atoms with Crippen LogP contribution in [-0.2, 0) is 4.79 Å². The quantitative estimate of drug-likeness (QED) is 0.637. The lowest BCUT2D eigenvalue weighted by molar-refractivity contribution is -0.122. The van der Waals surface area contributed by atoms with E-state index in [0.717, 1.165) is 19.4 Å². The van der Waals surface area contributed by atoms with Crippen LogP contribution in [0.3, 0.4) is 0 Å². The Kier molecular flexibility index (Phi) is 6.89. The average molecular weight is 300 g/mol. The van der Waals surface area contributed by atoms with Gasteiger partial charge in [0, 0.05) is 25.5 Å². The van der Waals surface area contributed by atoms with Crippen LogP contribution in [0.15, 0.2) is 18.6 Å². The van der Waals surface area contributed by atoms with Gasteiger partial charge in [-0.05, 0) is 19.4 Å². The third-order valence-corrected chi connectivity index (χ3v) is 2.88. The summed E-state index contributed by atoms with van der Waals surface area (Å²) < 4.78 is 0. The standard InChI is InChI=1S/C12H17N5O2.ClH/c18-11(9-2-1-3-14-9)16-6-7-17-12(19)10-8-13-4-5-15-10;/h4-5,8-9,14H,1-3,6-7H2,(H,16,18)(H,17,19);1H. The first-order valence-corrected chi connectivity index (χ1v) is 6.32. The van der Waals surface area contributed by atoms with Crippen LogP contribution in [0.5, 0.6) is 0 Å². The second-order valence-corrected chi connectivity index (χ2v) is 4.29. The van der Waals surface area contributed by atoms with E-state index in [0.29, 0.717) is 13.1 Å². The highest BCUT2D eigenvalue weighted by Crippen LogP contribution is 2.03. The average Bonchev–Trinajstić information content (AvgIpc) is 2.98. The Morgan fingerprint density at radius 3 is 2.75 bits per heavy atom. The third-order valence-electron chi connectivity index (χ3n) is 2.88. The summed E-state index contributed by atoms with van der Waals surface area (Å²) in [6.45, 7) is 1.67. The summed E-state index contributed by atoms with van der Waals surface area (Å²) in [6.07, 6.45) is 6.27. The highest BCUT2D eigenvalue weighted by Gasteiger charge is 2.21. The normalized spacial score (nSPS) is 17.1. The van der Waals surface area contributed by atoms with Gasteiger partial charge in [0.25, 0.3) is 5.91 Å². The number of carbonyl (C=O) groups excluding carboxylic acids is 2. The maximum atomic E-state index is 11.7. The van der Waals surface area contributed by atoms with Gasteiger partial charge in [0.1, 0.15) is 5.69 Å². The second kappa shape index (κ2) is 8.44. The minimum atomic E-state index is -0.290. The number of carbonyl (C=O) groups is 2. The zero-order valence-corrected chi connectivity index (χ0v) is 11.8. The van der Waals surface area contributed by atoms with E-state index in [4.69, 9.17) is 0 Å². The fraction of sp³-hybridized carbons (Fsp3) is 0.500. The van der Waals surface area contributed by atoms with E-state index < -0.39 is 0 Å². The van der Waals surface area contributed by atoms with Gasteiger partial charge in [0.05, 0.1) is 12.2 Å². The summed E-state index contributed by atoms with van der Waals surface area (Å²) in [6, 6.07) is -0.0873. The van der Waals surface area contributed by atoms with Crippen LogP contribution in [0.2, 0.25) is 0 Å². The van der Waals surface area contributed by atoms with Gasteiger partial charge in [-0.25, -0.2) is 4.98 Å². The minimum absolute atomic E-state index is 0. The van der Waals surface area contributed by atoms with Crippen molar-refractivity contribution in [3.63, 3.8) is 0 Å². The number of hydrogen-bond acceptors (Lipinski definition) is 5. The molecule has 0 aliphatic carbocycles. The monoisotopic (exact) mass is 299 g/mol. The minimum Gasteiger partial charge on any atom is -0.353 e. The van der Waals surface area contributed by atoms with Gasteiger partial charge in [0.2, 0.25) is 5.91 Å². The van der Waals surface area contributed by atoms with E-state index in [2.05, 4.69) is 25.9 Å². The van der Waals surface area contributed by atoms with Crippen molar-refractivity contribution >= 4 is 24.2 Å². The molecule has 1 fully saturated rings. The molecule has 2 heterocycles. The highest BCUT2D eigenvalue weighted by atomic mass is 35.5. The van der Waals surface area contributed by atoms with Crippen LogP contribution < -0.4 is 16.0 Å². The molecule has 1 aliphatic heterocycles. The molecule has 7 nitrogen and oxygen atoms in total. The zero-order chi connectivity index (χ0) is 13.5. The summed E-state index contributed by atoms with van der Waals surface area (Å²) in [5.41, 5.74) is 0.270. The van der Waals surface area contributed by atoms with Gasteiger partial charge < -0.3 is 16.0 Å². The summed E-state index contributed by atoms with van der Waals surface area (Å²) in [5, 5.41) is 8.56. The fourth-order valence-electron chi connectivity index (χ4n) is 1.90. The molecule has 1 atom stereocenters. The first kappa shape index (κ1) is 16.3. The third kappa shape index (κ3) is 4.75. The lowest BCUT2D eigenvalue weighted by Crippen LogP contribution is -2.43. The van der Waals surface area contributed by atoms with Crippen molar-refractivity contribution in [2.45, 2.75) is 18.9 Å². The maximum absolute atomic E-state index is 11.7. The molecule has 0 spiro atoms. The highest BCUT2D eigenvalue weighted by molar-refractivity contribution is 5.91. The summed E-state index contributed by atoms with van der Waals surface area (Å²) >= 11 is 0. The second-order valence-electron chi connectivity index (χ2n) is 4.29. The molecule has 1 aromatic rings. The summed E-state index contributed by atoms with van der Waals surface area (Å²) in [7, 11) is 0. The first-order chi connectivity index (χ1) is 9.27. The van der Waals surface area contributed by atoms with Gasteiger partial charge >= 0.3 is 0 Å². The van der Waals surface area contributed by atoms with E-state index in [1.54, 1.807) is 0 Å². The first-order valence-electron chi connectivity index (χ1n) is 6.32. The lowest BCUT2D eigenvalue weighted by atomic mass is 10.2. The molecule has 0 aromatic carbocycles. The molecule has 0 saturated carbocycles. The Balaban J connectivity index is 0.00000200. The van der Waals surface area contributed by atoms with Crippen LogP contribution >= 0.6 is 12.4 Å². The lowest BCUT2D eigenvalue weighted by Gasteiger charge is -2.11. The van der Waals surface area contributed by atoms with Crippen LogP contribution in [0.4, 0.5) is 0 Å². The van der Waals surface area contributed by atoms with Crippen molar-refractivity contribution in [3.05, 3.63) is 24.3 Å². The van der Waals surface area contributed by atoms with Crippen molar-refractivity contribution < 1.29 is 9.59 Å². The molecule has 110 valence electrons. The number of rotatable bonds is 5. The smallest absolute Gasteiger partial charge is 0.271 e. The Labute approximate surface area is 123 Å². The topological polar surface area (TPSA) is 96.0 Å². The Hall–Kier alpha value is -1.73. The number of nitrogens with one attached hydrogen (secondary N) is 3. The molecule has 20 heavy (non-hydrogen) atoms. The molecule has 8 heteroatoms. The van der Waals surface area contributed by atoms with Crippen molar-refractivity contribution in [1.29, 1.82) is 0 Å². The number of aromatic nitrogens is 2. The summed E-state index contributed by atoms with van der Waals surface area (Å²) in [5.74, 6) is -0.299. The van der Waals surface area contributed by atoms with Crippen molar-refractivity contribution in [2.75, 3.05) is 19.6 Å². The Morgan fingerprint density at radius 1 is 1.30 bits per heavy atom. The van der Waals surface area contributed by atoms with Crippen LogP contribution in [0.25, 0.3) is 0 Å². The van der Waals surface area contributed by atoms with Crippen molar-refractivity contribution in [2.24, 2.45) is 0 Å². The molecule has 3 N–H and O–H groups in total. The Bertz CT molecular complexity index is 437. The van der Waals surface area contributed by atoms with Gasteiger partial charge in [-0.15, -0.1) is 12.4 Å². The van der Waals surface area contributed by atoms with Crippen molar-refractivity contribution in [1.82, 2.24) is 25.9 Å². The van der Waals surface area contributed by atoms with Gasteiger partial charge in [0.15, 0.2) is 0 Å². The van der Waals surface area contributed by atoms with E-state index in [-0.39, 0.29) is 36.0 Å². The van der Waals surface area contributed by atoms with Gasteiger partial charge in [-0.2, -0.15) is 0 Å². The molecule has 0 bridgehead atoms. The fourth-order valence-corrected chi connectivity index (χ4v) is 1.90. The molecule has 0 radical (unpaired) electrons. The zero-order valence-electron chi connectivity index (χ0n) is 11.0. The molecule has 1 aromatic heterocycles. The number of amides is 2. The summed E-state index contributed by atoms with van der Waals surface area (Å²) in [4.78, 5) is 31.0. The van der Waals surface area contributed by atoms with Gasteiger partial charge in [-0.1, -0.05) is 0 Å². The van der Waals surface area contributed by atoms with Crippen molar-refractivity contribution in [3.8, 4) is 0 Å². The molecule has 1 aliphatic rings. The molecule has 1 saturated heterocycles. The number of nitrogens with zero attached hydrogens (tertiary/aromatic N) is 2. The number of halogens is 1. The van der Waals surface area contributed by atoms with Crippen LogP contribution in [0.1, 0.15) is 23.3 Å². The maximum Gasteiger partial charge on any atom is 0.271 e. The molecule has 2 amide bonds. The predicted molar refractivity (Wildman–Crippen MR) is 75.6 cm³/mol. The molecule has 2 rings (SSSR count).